The lowest BCUT2D eigenvalue weighted by Crippen LogP contribution is -2.52. The summed E-state index contributed by atoms with van der Waals surface area (Å²) in [5, 5.41) is 5.57. The Morgan fingerprint density at radius 2 is 1.55 bits per heavy atom. The van der Waals surface area contributed by atoms with Gasteiger partial charge in [-0.1, -0.05) is 36.4 Å². The van der Waals surface area contributed by atoms with E-state index >= 15 is 0 Å². The van der Waals surface area contributed by atoms with Gasteiger partial charge < -0.3 is 20.1 Å². The van der Waals surface area contributed by atoms with Gasteiger partial charge in [0.05, 0.1) is 43.3 Å². The van der Waals surface area contributed by atoms with E-state index in [4.69, 9.17) is 9.47 Å². The molecule has 8 heteroatoms. The number of nitrogens with one attached hydrogen (secondary N) is 2. The minimum Gasteiger partial charge on any atom is -0.496 e. The summed E-state index contributed by atoms with van der Waals surface area (Å²) in [5.74, 6) is -0.455. The highest BCUT2D eigenvalue weighted by Gasteiger charge is 2.39. The zero-order valence-electron chi connectivity index (χ0n) is 18.2. The highest BCUT2D eigenvalue weighted by molar-refractivity contribution is 6.18. The molecule has 33 heavy (non-hydrogen) atoms. The molecule has 0 fully saturated rings. The van der Waals surface area contributed by atoms with Crippen LogP contribution < -0.4 is 25.0 Å². The predicted octanol–water partition coefficient (Wildman–Crippen LogP) is 3.70. The van der Waals surface area contributed by atoms with Gasteiger partial charge >= 0.3 is 0 Å². The topological polar surface area (TPSA) is 97.0 Å². The third kappa shape index (κ3) is 4.36. The van der Waals surface area contributed by atoms with E-state index in [1.165, 1.54) is 19.1 Å². The van der Waals surface area contributed by atoms with E-state index in [9.17, 15) is 14.4 Å². The summed E-state index contributed by atoms with van der Waals surface area (Å²) >= 11 is 0. The smallest absolute Gasteiger partial charge is 0.262 e. The number of benzene rings is 3. The fraction of sp³-hybridized carbons (Fsp3) is 0.160. The van der Waals surface area contributed by atoms with Crippen molar-refractivity contribution in [2.45, 2.75) is 12.5 Å². The Bertz CT molecular complexity index is 1210. The molecular formula is C25H23N3O5. The summed E-state index contributed by atoms with van der Waals surface area (Å²) in [4.78, 5) is 41.0. The lowest BCUT2D eigenvalue weighted by molar-refractivity contribution is -0.122. The fourth-order valence-corrected chi connectivity index (χ4v) is 3.80. The van der Waals surface area contributed by atoms with Crippen molar-refractivity contribution < 1.29 is 23.9 Å². The second kappa shape index (κ2) is 9.44. The molecule has 0 spiro atoms. The molecule has 1 aliphatic heterocycles. The molecule has 1 atom stereocenters. The van der Waals surface area contributed by atoms with Crippen LogP contribution in [-0.4, -0.2) is 38.0 Å². The normalized spacial score (nSPS) is 14.7. The summed E-state index contributed by atoms with van der Waals surface area (Å²) in [6, 6.07) is 19.6. The van der Waals surface area contributed by atoms with Gasteiger partial charge in [-0.25, -0.2) is 0 Å². The maximum Gasteiger partial charge on any atom is 0.262 e. The Kier molecular flexibility index (Phi) is 6.26. The summed E-state index contributed by atoms with van der Waals surface area (Å²) in [6.07, 6.45) is -0.251. The zero-order chi connectivity index (χ0) is 23.4. The molecule has 0 saturated carbocycles. The summed E-state index contributed by atoms with van der Waals surface area (Å²) in [5.41, 5.74) is 1.76. The average Bonchev–Trinajstić information content (AvgIpc) is 2.84. The zero-order valence-corrected chi connectivity index (χ0v) is 18.2. The van der Waals surface area contributed by atoms with E-state index in [0.717, 1.165) is 0 Å². The lowest BCUT2D eigenvalue weighted by atomic mass is 10.0. The van der Waals surface area contributed by atoms with Gasteiger partial charge in [0.25, 0.3) is 5.91 Å². The monoisotopic (exact) mass is 445 g/mol. The van der Waals surface area contributed by atoms with Crippen molar-refractivity contribution in [1.29, 1.82) is 0 Å². The van der Waals surface area contributed by atoms with Gasteiger partial charge in [0.1, 0.15) is 17.5 Å². The highest BCUT2D eigenvalue weighted by atomic mass is 16.5. The molecule has 1 heterocycles. The van der Waals surface area contributed by atoms with Crippen LogP contribution in [0.25, 0.3) is 0 Å². The van der Waals surface area contributed by atoms with E-state index in [0.29, 0.717) is 34.1 Å². The number of hydrogen-bond acceptors (Lipinski definition) is 5. The third-order valence-electron chi connectivity index (χ3n) is 5.35. The lowest BCUT2D eigenvalue weighted by Gasteiger charge is -2.36. The van der Waals surface area contributed by atoms with Crippen LogP contribution in [0.5, 0.6) is 11.5 Å². The number of nitrogens with zero attached hydrogens (tertiary/aromatic N) is 1. The summed E-state index contributed by atoms with van der Waals surface area (Å²) < 4.78 is 10.6. The molecule has 2 N–H and O–H groups in total. The molecule has 1 aliphatic rings. The van der Waals surface area contributed by atoms with Crippen molar-refractivity contribution in [2.75, 3.05) is 29.8 Å². The first-order valence-corrected chi connectivity index (χ1v) is 10.3. The Morgan fingerprint density at radius 1 is 0.909 bits per heavy atom. The van der Waals surface area contributed by atoms with E-state index in [1.807, 2.05) is 0 Å². The molecule has 0 aliphatic carbocycles. The SMILES string of the molecule is COc1ccccc1NC(=O)C[C@@H]1C(=O)Nc2ccccc2N1C(=O)c1ccccc1OC. The first-order valence-electron chi connectivity index (χ1n) is 10.3. The van der Waals surface area contributed by atoms with Gasteiger partial charge in [-0.2, -0.15) is 0 Å². The Labute approximate surface area is 191 Å². The van der Waals surface area contributed by atoms with Crippen molar-refractivity contribution in [2.24, 2.45) is 0 Å². The van der Waals surface area contributed by atoms with E-state index in [-0.39, 0.29) is 6.42 Å². The number of rotatable bonds is 6. The highest BCUT2D eigenvalue weighted by Crippen LogP contribution is 2.35. The van der Waals surface area contributed by atoms with Crippen molar-refractivity contribution in [1.82, 2.24) is 0 Å². The van der Waals surface area contributed by atoms with Crippen molar-refractivity contribution in [3.8, 4) is 11.5 Å². The summed E-state index contributed by atoms with van der Waals surface area (Å²) in [7, 11) is 2.98. The molecule has 0 unspecified atom stereocenters. The van der Waals surface area contributed by atoms with E-state index in [1.54, 1.807) is 72.8 Å². The predicted molar refractivity (Wildman–Crippen MR) is 125 cm³/mol. The second-order valence-electron chi connectivity index (χ2n) is 7.35. The van der Waals surface area contributed by atoms with Crippen LogP contribution >= 0.6 is 0 Å². The number of para-hydroxylation sites is 5. The maximum atomic E-state index is 13.7. The minimum absolute atomic E-state index is 0.251. The van der Waals surface area contributed by atoms with Crippen LogP contribution in [0.1, 0.15) is 16.8 Å². The van der Waals surface area contributed by atoms with Crippen LogP contribution in [0.3, 0.4) is 0 Å². The fourth-order valence-electron chi connectivity index (χ4n) is 3.80. The second-order valence-corrected chi connectivity index (χ2v) is 7.35. The van der Waals surface area contributed by atoms with Gasteiger partial charge in [-0.05, 0) is 36.4 Å². The van der Waals surface area contributed by atoms with Crippen LogP contribution in [0.4, 0.5) is 17.1 Å². The quantitative estimate of drug-likeness (QED) is 0.603. The van der Waals surface area contributed by atoms with Crippen LogP contribution in [-0.2, 0) is 9.59 Å². The molecule has 4 rings (SSSR count). The maximum absolute atomic E-state index is 13.7. The largest absolute Gasteiger partial charge is 0.496 e. The number of amides is 3. The molecule has 0 aromatic heterocycles. The number of carbonyl (C=O) groups is 3. The number of hydrogen-bond donors (Lipinski definition) is 2. The van der Waals surface area contributed by atoms with Crippen molar-refractivity contribution in [3.63, 3.8) is 0 Å². The van der Waals surface area contributed by atoms with Crippen LogP contribution in [0, 0.1) is 0 Å². The number of carbonyl (C=O) groups excluding carboxylic acids is 3. The number of fused-ring (bicyclic) bond motifs is 1. The average molecular weight is 445 g/mol. The number of ether oxygens (including phenoxy) is 2. The molecule has 168 valence electrons. The molecule has 3 amide bonds. The van der Waals surface area contributed by atoms with Crippen molar-refractivity contribution >= 4 is 34.8 Å². The van der Waals surface area contributed by atoms with Crippen LogP contribution in [0.2, 0.25) is 0 Å². The molecule has 0 bridgehead atoms. The Morgan fingerprint density at radius 3 is 2.30 bits per heavy atom. The van der Waals surface area contributed by atoms with Gasteiger partial charge in [-0.15, -0.1) is 0 Å². The number of methoxy groups -OCH3 is 2. The molecular weight excluding hydrogens is 422 g/mol. The van der Waals surface area contributed by atoms with Gasteiger partial charge in [-0.3, -0.25) is 19.3 Å². The summed E-state index contributed by atoms with van der Waals surface area (Å²) in [6.45, 7) is 0. The number of anilines is 3. The molecule has 8 nitrogen and oxygen atoms in total. The molecule has 0 saturated heterocycles. The standard InChI is InChI=1S/C25H23N3O5/c1-32-21-13-7-3-9-16(21)25(31)28-19-12-6-4-10-17(19)27-24(30)20(28)15-23(29)26-18-11-5-8-14-22(18)33-2/h3-14,20H,15H2,1-2H3,(H,26,29)(H,27,30)/t20-/m1/s1. The molecule has 3 aromatic carbocycles. The minimum atomic E-state index is -1.06. The Hall–Kier alpha value is -4.33. The first kappa shape index (κ1) is 21.9. The van der Waals surface area contributed by atoms with Crippen molar-refractivity contribution in [3.05, 3.63) is 78.4 Å². The molecule has 0 radical (unpaired) electrons. The molecule has 3 aromatic rings. The van der Waals surface area contributed by atoms with Gasteiger partial charge in [0.15, 0.2) is 0 Å². The van der Waals surface area contributed by atoms with E-state index in [2.05, 4.69) is 10.6 Å². The Balaban J connectivity index is 1.68. The third-order valence-corrected chi connectivity index (χ3v) is 5.35. The van der Waals surface area contributed by atoms with Gasteiger partial charge in [0.2, 0.25) is 11.8 Å². The van der Waals surface area contributed by atoms with Crippen LogP contribution in [0.15, 0.2) is 72.8 Å². The van der Waals surface area contributed by atoms with E-state index < -0.39 is 23.8 Å². The first-order chi connectivity index (χ1) is 16.0. The van der Waals surface area contributed by atoms with Gasteiger partial charge in [0, 0.05) is 0 Å².